The molecule has 0 spiro atoms. The van der Waals surface area contributed by atoms with Crippen molar-refractivity contribution in [1.29, 1.82) is 0 Å². The van der Waals surface area contributed by atoms with Crippen molar-refractivity contribution in [1.82, 2.24) is 10.0 Å². The number of anilines is 1. The first-order valence-corrected chi connectivity index (χ1v) is 10.8. The molecule has 3 N–H and O–H groups in total. The summed E-state index contributed by atoms with van der Waals surface area (Å²) in [6.07, 6.45) is 1.44. The van der Waals surface area contributed by atoms with Gasteiger partial charge in [-0.05, 0) is 30.7 Å². The van der Waals surface area contributed by atoms with Gasteiger partial charge in [0.15, 0.2) is 0 Å². The highest BCUT2D eigenvalue weighted by Crippen LogP contribution is 2.14. The molecule has 2 rings (SSSR count). The summed E-state index contributed by atoms with van der Waals surface area (Å²) in [5.41, 5.74) is 0.777. The lowest BCUT2D eigenvalue weighted by Gasteiger charge is -2.14. The van der Waals surface area contributed by atoms with Crippen LogP contribution in [0, 0.1) is 10.1 Å². The van der Waals surface area contributed by atoms with Crippen LogP contribution < -0.4 is 15.4 Å². The second kappa shape index (κ2) is 10.5. The second-order valence-corrected chi connectivity index (χ2v) is 8.39. The zero-order chi connectivity index (χ0) is 23.0. The molecule has 0 aliphatic carbocycles. The van der Waals surface area contributed by atoms with Gasteiger partial charge in [0.1, 0.15) is 6.04 Å². The molecule has 31 heavy (non-hydrogen) atoms. The summed E-state index contributed by atoms with van der Waals surface area (Å²) >= 11 is 0. The molecular weight excluding hydrogens is 424 g/mol. The van der Waals surface area contributed by atoms with Gasteiger partial charge in [0.05, 0.1) is 10.7 Å². The number of sulfonamides is 1. The van der Waals surface area contributed by atoms with Crippen molar-refractivity contribution in [2.45, 2.75) is 18.7 Å². The maximum atomic E-state index is 12.3. The van der Waals surface area contributed by atoms with E-state index >= 15 is 0 Å². The molecule has 0 radical (unpaired) electrons. The number of amides is 2. The highest BCUT2D eigenvalue weighted by atomic mass is 32.2. The molecule has 1 atom stereocenters. The van der Waals surface area contributed by atoms with Crippen LogP contribution in [0.3, 0.4) is 0 Å². The molecule has 0 fully saturated rings. The molecule has 0 aliphatic rings. The number of carbonyl (C=O) groups is 2. The van der Waals surface area contributed by atoms with E-state index in [0.717, 1.165) is 6.07 Å². The first kappa shape index (κ1) is 23.7. The van der Waals surface area contributed by atoms with Crippen molar-refractivity contribution < 1.29 is 22.9 Å². The fourth-order valence-corrected chi connectivity index (χ4v) is 3.60. The predicted molar refractivity (Wildman–Crippen MR) is 116 cm³/mol. The molecule has 0 heterocycles. The Morgan fingerprint density at radius 2 is 1.87 bits per heavy atom. The minimum Gasteiger partial charge on any atom is -0.341 e. The lowest BCUT2D eigenvalue weighted by molar-refractivity contribution is -0.384. The van der Waals surface area contributed by atoms with Crippen LogP contribution in [0.25, 0.3) is 0 Å². The molecule has 2 aromatic carbocycles. The van der Waals surface area contributed by atoms with Gasteiger partial charge in [-0.2, -0.15) is 0 Å². The highest BCUT2D eigenvalue weighted by Gasteiger charge is 2.18. The lowest BCUT2D eigenvalue weighted by atomic mass is 10.1. The average molecular weight is 446 g/mol. The van der Waals surface area contributed by atoms with E-state index in [0.29, 0.717) is 11.3 Å². The number of rotatable bonds is 10. The van der Waals surface area contributed by atoms with Crippen LogP contribution in [-0.4, -0.2) is 37.7 Å². The molecule has 0 bridgehead atoms. The Morgan fingerprint density at radius 1 is 1.19 bits per heavy atom. The Bertz CT molecular complexity index is 1080. The van der Waals surface area contributed by atoms with Crippen molar-refractivity contribution in [3.63, 3.8) is 0 Å². The van der Waals surface area contributed by atoms with Crippen LogP contribution in [0.5, 0.6) is 0 Å². The van der Waals surface area contributed by atoms with Gasteiger partial charge in [-0.3, -0.25) is 19.7 Å². The Labute approximate surface area is 179 Å². The number of benzene rings is 2. The van der Waals surface area contributed by atoms with Gasteiger partial charge in [0.2, 0.25) is 15.9 Å². The number of hydrogen-bond donors (Lipinski definition) is 3. The van der Waals surface area contributed by atoms with Gasteiger partial charge in [-0.1, -0.05) is 24.3 Å². The van der Waals surface area contributed by atoms with E-state index in [2.05, 4.69) is 21.9 Å². The van der Waals surface area contributed by atoms with Gasteiger partial charge < -0.3 is 10.6 Å². The summed E-state index contributed by atoms with van der Waals surface area (Å²) < 4.78 is 26.1. The van der Waals surface area contributed by atoms with Crippen LogP contribution in [0.1, 0.15) is 22.8 Å². The normalized spacial score (nSPS) is 11.9. The van der Waals surface area contributed by atoms with E-state index in [1.165, 1.54) is 31.2 Å². The zero-order valence-corrected chi connectivity index (χ0v) is 17.5. The van der Waals surface area contributed by atoms with Crippen LogP contribution >= 0.6 is 0 Å². The first-order chi connectivity index (χ1) is 14.6. The summed E-state index contributed by atoms with van der Waals surface area (Å²) in [6, 6.07) is 10.5. The molecule has 0 saturated heterocycles. The van der Waals surface area contributed by atoms with Crippen molar-refractivity contribution in [3.05, 3.63) is 82.4 Å². The molecular formula is C20H22N4O6S. The fraction of sp³-hybridized carbons (Fsp3) is 0.200. The topological polar surface area (TPSA) is 148 Å². The average Bonchev–Trinajstić information content (AvgIpc) is 2.73. The smallest absolute Gasteiger partial charge is 0.270 e. The van der Waals surface area contributed by atoms with E-state index in [9.17, 15) is 28.1 Å². The van der Waals surface area contributed by atoms with E-state index in [1.807, 2.05) is 0 Å². The van der Waals surface area contributed by atoms with E-state index in [4.69, 9.17) is 0 Å². The van der Waals surface area contributed by atoms with Crippen molar-refractivity contribution in [2.75, 3.05) is 11.9 Å². The van der Waals surface area contributed by atoms with Crippen molar-refractivity contribution in [3.8, 4) is 0 Å². The van der Waals surface area contributed by atoms with Crippen molar-refractivity contribution in [2.24, 2.45) is 0 Å². The highest BCUT2D eigenvalue weighted by molar-refractivity contribution is 7.88. The largest absolute Gasteiger partial charge is 0.341 e. The maximum absolute atomic E-state index is 12.3. The number of nitrogens with one attached hydrogen (secondary N) is 3. The predicted octanol–water partition coefficient (Wildman–Crippen LogP) is 1.96. The summed E-state index contributed by atoms with van der Waals surface area (Å²) in [4.78, 5) is 34.8. The fourth-order valence-electron chi connectivity index (χ4n) is 2.50. The number of hydrogen-bond acceptors (Lipinski definition) is 6. The Hall–Kier alpha value is -3.57. The summed E-state index contributed by atoms with van der Waals surface area (Å²) in [6.45, 7) is 5.05. The molecule has 0 aliphatic heterocycles. The zero-order valence-electron chi connectivity index (χ0n) is 16.7. The van der Waals surface area contributed by atoms with Crippen LogP contribution in [0.15, 0.2) is 61.2 Å². The summed E-state index contributed by atoms with van der Waals surface area (Å²) in [7, 11) is -3.49. The monoisotopic (exact) mass is 446 g/mol. The van der Waals surface area contributed by atoms with Gasteiger partial charge in [-0.15, -0.1) is 6.58 Å². The Kier molecular flexibility index (Phi) is 8.00. The lowest BCUT2D eigenvalue weighted by Crippen LogP contribution is -2.41. The number of nitrogens with zero attached hydrogens (tertiary/aromatic N) is 1. The molecule has 2 amide bonds. The maximum Gasteiger partial charge on any atom is 0.270 e. The Balaban J connectivity index is 1.95. The van der Waals surface area contributed by atoms with Gasteiger partial charge >= 0.3 is 0 Å². The quantitative estimate of drug-likeness (QED) is 0.289. The molecule has 11 heteroatoms. The van der Waals surface area contributed by atoms with Gasteiger partial charge in [0.25, 0.3) is 11.6 Å². The van der Waals surface area contributed by atoms with Gasteiger partial charge in [-0.25, -0.2) is 13.1 Å². The Morgan fingerprint density at radius 3 is 2.48 bits per heavy atom. The summed E-state index contributed by atoms with van der Waals surface area (Å²) in [5, 5.41) is 15.9. The standard InChI is InChI=1S/C20H22N4O6S/c1-3-11-21-31(29,30)13-15-7-9-17(10-8-15)23-19(25)14(2)22-20(26)16-5-4-6-18(12-16)24(27)28/h3-10,12,14,21H,1,11,13H2,2H3,(H,22,26)(H,23,25). The van der Waals surface area contributed by atoms with Crippen LogP contribution in [0.2, 0.25) is 0 Å². The number of non-ortho nitro benzene ring substituents is 1. The molecule has 0 aromatic heterocycles. The van der Waals surface area contributed by atoms with E-state index < -0.39 is 32.8 Å². The minimum absolute atomic E-state index is 0.0597. The van der Waals surface area contributed by atoms with E-state index in [1.54, 1.807) is 24.3 Å². The van der Waals surface area contributed by atoms with Gasteiger partial charge in [0, 0.05) is 29.9 Å². The molecule has 2 aromatic rings. The molecule has 0 saturated carbocycles. The number of nitro groups is 1. The summed E-state index contributed by atoms with van der Waals surface area (Å²) in [5.74, 6) is -1.35. The first-order valence-electron chi connectivity index (χ1n) is 9.14. The number of nitro benzene ring substituents is 1. The third kappa shape index (κ3) is 7.32. The number of carbonyl (C=O) groups excluding carboxylic acids is 2. The second-order valence-electron chi connectivity index (χ2n) is 6.58. The third-order valence-electron chi connectivity index (χ3n) is 4.09. The minimum atomic E-state index is -3.49. The van der Waals surface area contributed by atoms with E-state index in [-0.39, 0.29) is 23.5 Å². The van der Waals surface area contributed by atoms with Crippen LogP contribution in [-0.2, 0) is 20.6 Å². The molecule has 164 valence electrons. The van der Waals surface area contributed by atoms with Crippen molar-refractivity contribution >= 4 is 33.2 Å². The van der Waals surface area contributed by atoms with Crippen LogP contribution in [0.4, 0.5) is 11.4 Å². The third-order valence-corrected chi connectivity index (χ3v) is 5.41. The molecule has 1 unspecified atom stereocenters. The molecule has 10 nitrogen and oxygen atoms in total. The SMILES string of the molecule is C=CCNS(=O)(=O)Cc1ccc(NC(=O)C(C)NC(=O)c2cccc([N+](=O)[O-])c2)cc1.